The van der Waals surface area contributed by atoms with E-state index in [2.05, 4.69) is 6.58 Å². The summed E-state index contributed by atoms with van der Waals surface area (Å²) in [7, 11) is 0. The zero-order valence-corrected chi connectivity index (χ0v) is 15.5. The molecule has 1 fully saturated rings. The summed E-state index contributed by atoms with van der Waals surface area (Å²) in [4.78, 5) is 38.8. The van der Waals surface area contributed by atoms with Gasteiger partial charge in [-0.3, -0.25) is 29.5 Å². The van der Waals surface area contributed by atoms with Gasteiger partial charge in [0.05, 0.1) is 10.6 Å². The number of anilines is 1. The minimum atomic E-state index is -0.556. The Labute approximate surface area is 166 Å². The minimum Gasteiger partial charge on any atom is -0.280 e. The number of hydrogen-bond donors (Lipinski definition) is 0. The molecule has 1 aliphatic heterocycles. The number of hydrogen-bond acceptors (Lipinski definition) is 5. The first kappa shape index (κ1) is 19.1. The minimum absolute atomic E-state index is 0.0712. The molecule has 2 aromatic carbocycles. The zero-order chi connectivity index (χ0) is 20.3. The molecule has 2 aromatic rings. The Hall–Kier alpha value is -3.65. The molecule has 0 N–H and O–H groups in total. The first-order chi connectivity index (χ1) is 13.4. The van der Waals surface area contributed by atoms with Gasteiger partial charge in [0.15, 0.2) is 5.11 Å². The molecular weight excluding hydrogens is 378 g/mol. The standard InChI is InChI=1S/C20H15N3O4S/c1-2-12-21-18(24)17(13-14-8-10-16(11-9-14)23(26)27)19(25)22(20(21)28)15-6-4-3-5-7-15/h2-11,13H,1,12H2/b17-13+. The maximum absolute atomic E-state index is 13.1. The zero-order valence-electron chi connectivity index (χ0n) is 14.6. The summed E-state index contributed by atoms with van der Waals surface area (Å²) < 4.78 is 0. The fourth-order valence-corrected chi connectivity index (χ4v) is 3.07. The molecule has 0 unspecified atom stereocenters. The summed E-state index contributed by atoms with van der Waals surface area (Å²) in [5.41, 5.74) is 0.854. The van der Waals surface area contributed by atoms with Crippen LogP contribution in [0.25, 0.3) is 6.08 Å². The SMILES string of the molecule is C=CCN1C(=O)/C(=C\c2ccc([N+](=O)[O-])cc2)C(=O)N(c2ccccc2)C1=S. The average Bonchev–Trinajstić information content (AvgIpc) is 2.70. The van der Waals surface area contributed by atoms with Crippen LogP contribution in [0.2, 0.25) is 0 Å². The van der Waals surface area contributed by atoms with Crippen molar-refractivity contribution in [3.05, 3.63) is 88.5 Å². The monoisotopic (exact) mass is 393 g/mol. The van der Waals surface area contributed by atoms with Crippen molar-refractivity contribution < 1.29 is 14.5 Å². The van der Waals surface area contributed by atoms with E-state index in [1.807, 2.05) is 0 Å². The molecule has 28 heavy (non-hydrogen) atoms. The van der Waals surface area contributed by atoms with Crippen LogP contribution in [-0.2, 0) is 9.59 Å². The van der Waals surface area contributed by atoms with Gasteiger partial charge in [-0.1, -0.05) is 24.3 Å². The first-order valence-corrected chi connectivity index (χ1v) is 8.67. The van der Waals surface area contributed by atoms with Gasteiger partial charge >= 0.3 is 0 Å². The topological polar surface area (TPSA) is 83.8 Å². The summed E-state index contributed by atoms with van der Waals surface area (Å²) in [6.45, 7) is 3.78. The summed E-state index contributed by atoms with van der Waals surface area (Å²) in [6, 6.07) is 14.3. The van der Waals surface area contributed by atoms with E-state index in [1.165, 1.54) is 46.2 Å². The van der Waals surface area contributed by atoms with Crippen molar-refractivity contribution >= 4 is 46.6 Å². The molecule has 0 aliphatic carbocycles. The predicted octanol–water partition coefficient (Wildman–Crippen LogP) is 3.32. The van der Waals surface area contributed by atoms with E-state index in [1.54, 1.807) is 30.3 Å². The smallest absolute Gasteiger partial charge is 0.270 e. The van der Waals surface area contributed by atoms with Gasteiger partial charge in [0, 0.05) is 18.7 Å². The number of thiocarbonyl (C=S) groups is 1. The van der Waals surface area contributed by atoms with Crippen LogP contribution < -0.4 is 4.90 Å². The molecule has 1 saturated heterocycles. The van der Waals surface area contributed by atoms with E-state index >= 15 is 0 Å². The van der Waals surface area contributed by atoms with Crippen molar-refractivity contribution in [2.24, 2.45) is 0 Å². The van der Waals surface area contributed by atoms with Crippen LogP contribution >= 0.6 is 12.2 Å². The second-order valence-corrected chi connectivity index (χ2v) is 6.23. The van der Waals surface area contributed by atoms with Gasteiger partial charge in [0.2, 0.25) is 0 Å². The van der Waals surface area contributed by atoms with Crippen molar-refractivity contribution in [2.45, 2.75) is 0 Å². The Morgan fingerprint density at radius 3 is 2.25 bits per heavy atom. The van der Waals surface area contributed by atoms with Crippen molar-refractivity contribution in [1.82, 2.24) is 4.90 Å². The number of amides is 2. The quantitative estimate of drug-likeness (QED) is 0.194. The van der Waals surface area contributed by atoms with Crippen molar-refractivity contribution in [2.75, 3.05) is 11.4 Å². The highest BCUT2D eigenvalue weighted by atomic mass is 32.1. The normalized spacial score (nSPS) is 15.9. The number of nitro groups is 1. The summed E-state index contributed by atoms with van der Waals surface area (Å²) in [5.74, 6) is -1.10. The Balaban J connectivity index is 2.06. The summed E-state index contributed by atoms with van der Waals surface area (Å²) in [5, 5.41) is 10.9. The molecule has 1 heterocycles. The molecule has 140 valence electrons. The number of carbonyl (C=O) groups excluding carboxylic acids is 2. The van der Waals surface area contributed by atoms with Crippen LogP contribution in [0.15, 0.2) is 72.8 Å². The molecule has 2 amide bonds. The molecule has 0 atom stereocenters. The van der Waals surface area contributed by atoms with Gasteiger partial charge in [0.1, 0.15) is 5.57 Å². The third-order valence-corrected chi connectivity index (χ3v) is 4.48. The third-order valence-electron chi connectivity index (χ3n) is 4.07. The Kier molecular flexibility index (Phi) is 5.42. The molecule has 0 saturated carbocycles. The van der Waals surface area contributed by atoms with Crippen LogP contribution in [0, 0.1) is 10.1 Å². The van der Waals surface area contributed by atoms with Crippen LogP contribution in [0.1, 0.15) is 5.56 Å². The highest BCUT2D eigenvalue weighted by molar-refractivity contribution is 7.80. The molecule has 7 nitrogen and oxygen atoms in total. The Morgan fingerprint density at radius 1 is 1.04 bits per heavy atom. The third kappa shape index (κ3) is 3.58. The maximum atomic E-state index is 13.1. The maximum Gasteiger partial charge on any atom is 0.270 e. The van der Waals surface area contributed by atoms with Crippen molar-refractivity contribution in [3.8, 4) is 0 Å². The lowest BCUT2D eigenvalue weighted by Gasteiger charge is -2.36. The van der Waals surface area contributed by atoms with Gasteiger partial charge in [-0.05, 0) is 48.1 Å². The molecule has 0 aromatic heterocycles. The Bertz CT molecular complexity index is 1000. The van der Waals surface area contributed by atoms with Gasteiger partial charge in [-0.15, -0.1) is 6.58 Å². The van der Waals surface area contributed by atoms with E-state index in [0.29, 0.717) is 11.3 Å². The fourth-order valence-electron chi connectivity index (χ4n) is 2.73. The van der Waals surface area contributed by atoms with Crippen LogP contribution in [0.3, 0.4) is 0 Å². The molecule has 0 radical (unpaired) electrons. The number of carbonyl (C=O) groups is 2. The van der Waals surface area contributed by atoms with Crippen LogP contribution in [0.5, 0.6) is 0 Å². The lowest BCUT2D eigenvalue weighted by molar-refractivity contribution is -0.384. The van der Waals surface area contributed by atoms with Crippen LogP contribution in [-0.4, -0.2) is 33.3 Å². The Morgan fingerprint density at radius 2 is 1.68 bits per heavy atom. The van der Waals surface area contributed by atoms with Crippen LogP contribution in [0.4, 0.5) is 11.4 Å². The number of benzene rings is 2. The number of non-ortho nitro benzene ring substituents is 1. The average molecular weight is 393 g/mol. The lowest BCUT2D eigenvalue weighted by Crippen LogP contribution is -2.56. The largest absolute Gasteiger partial charge is 0.280 e. The molecular formula is C20H15N3O4S. The van der Waals surface area contributed by atoms with E-state index in [4.69, 9.17) is 12.2 Å². The van der Waals surface area contributed by atoms with Gasteiger partial charge in [-0.25, -0.2) is 0 Å². The van der Waals surface area contributed by atoms with Crippen molar-refractivity contribution in [1.29, 1.82) is 0 Å². The highest BCUT2D eigenvalue weighted by Gasteiger charge is 2.39. The molecule has 0 bridgehead atoms. The van der Waals surface area contributed by atoms with Gasteiger partial charge in [-0.2, -0.15) is 0 Å². The highest BCUT2D eigenvalue weighted by Crippen LogP contribution is 2.26. The van der Waals surface area contributed by atoms with E-state index in [9.17, 15) is 19.7 Å². The summed E-state index contributed by atoms with van der Waals surface area (Å²) >= 11 is 5.37. The number of nitrogens with zero attached hydrogens (tertiary/aromatic N) is 3. The van der Waals surface area contributed by atoms with E-state index in [-0.39, 0.29) is 22.9 Å². The second-order valence-electron chi connectivity index (χ2n) is 5.87. The van der Waals surface area contributed by atoms with Gasteiger partial charge < -0.3 is 0 Å². The van der Waals surface area contributed by atoms with E-state index < -0.39 is 16.7 Å². The van der Waals surface area contributed by atoms with E-state index in [0.717, 1.165) is 0 Å². The molecule has 0 spiro atoms. The predicted molar refractivity (Wildman–Crippen MR) is 110 cm³/mol. The molecule has 8 heteroatoms. The molecule has 1 aliphatic rings. The fraction of sp³-hybridized carbons (Fsp3) is 0.0500. The summed E-state index contributed by atoms with van der Waals surface area (Å²) in [6.07, 6.45) is 2.93. The lowest BCUT2D eigenvalue weighted by atomic mass is 10.1. The number of nitro benzene ring substituents is 1. The molecule has 3 rings (SSSR count). The number of rotatable bonds is 5. The first-order valence-electron chi connectivity index (χ1n) is 8.26. The van der Waals surface area contributed by atoms with Crippen molar-refractivity contribution in [3.63, 3.8) is 0 Å². The van der Waals surface area contributed by atoms with Gasteiger partial charge in [0.25, 0.3) is 17.5 Å². The second kappa shape index (κ2) is 7.93. The number of para-hydroxylation sites is 1.